The van der Waals surface area contributed by atoms with E-state index in [1.807, 2.05) is 19.1 Å². The number of aliphatic imine (C=N–C) groups is 1. The Bertz CT molecular complexity index is 1600. The molecule has 7 nitrogen and oxygen atoms in total. The van der Waals surface area contributed by atoms with Gasteiger partial charge in [0.05, 0.1) is 32.1 Å². The van der Waals surface area contributed by atoms with Crippen LogP contribution in [0, 0.1) is 18.3 Å². The third-order valence-corrected chi connectivity index (χ3v) is 7.90. The standard InChI is InChI=1S/C30H22Br2N2O5S/c1-3-38-30(37)25-26(35)24(40-29(25)34-28(36)19-10-8-17(2)9-11-19)14-18-12-22(31)27(23(32)13-18)39-16-21-7-5-4-6-20(21)15-33/h4-14,35H,3,16H2,1-2H3/b24-14-,34-29?. The van der Waals surface area contributed by atoms with Gasteiger partial charge in [0, 0.05) is 11.1 Å². The molecule has 10 heteroatoms. The molecule has 0 radical (unpaired) electrons. The van der Waals surface area contributed by atoms with Crippen molar-refractivity contribution in [3.05, 3.63) is 114 Å². The highest BCUT2D eigenvalue weighted by Crippen LogP contribution is 2.41. The molecular weight excluding hydrogens is 660 g/mol. The highest BCUT2D eigenvalue weighted by molar-refractivity contribution is 9.11. The van der Waals surface area contributed by atoms with Gasteiger partial charge >= 0.3 is 5.97 Å². The first-order valence-corrected chi connectivity index (χ1v) is 14.4. The lowest BCUT2D eigenvalue weighted by atomic mass is 10.1. The van der Waals surface area contributed by atoms with E-state index in [4.69, 9.17) is 9.47 Å². The first-order valence-electron chi connectivity index (χ1n) is 12.0. The molecule has 3 aromatic carbocycles. The summed E-state index contributed by atoms with van der Waals surface area (Å²) in [5, 5.41) is 20.4. The number of hydrogen-bond acceptors (Lipinski definition) is 7. The molecule has 1 aliphatic heterocycles. The van der Waals surface area contributed by atoms with Crippen LogP contribution in [-0.4, -0.2) is 28.6 Å². The number of thioether (sulfide) groups is 1. The number of carbonyl (C=O) groups is 2. The SMILES string of the molecule is CCOC(=O)C1=C(O)/C(=C/c2cc(Br)c(OCc3ccccc3C#N)c(Br)c2)SC1=NC(=O)c1ccc(C)cc1. The molecule has 1 heterocycles. The lowest BCUT2D eigenvalue weighted by Crippen LogP contribution is -2.14. The summed E-state index contributed by atoms with van der Waals surface area (Å²) in [6.45, 7) is 3.85. The Balaban J connectivity index is 1.63. The van der Waals surface area contributed by atoms with Crippen LogP contribution in [-0.2, 0) is 16.1 Å². The van der Waals surface area contributed by atoms with E-state index in [2.05, 4.69) is 42.9 Å². The van der Waals surface area contributed by atoms with Gasteiger partial charge in [-0.3, -0.25) is 4.79 Å². The van der Waals surface area contributed by atoms with Gasteiger partial charge in [-0.25, -0.2) is 9.79 Å². The van der Waals surface area contributed by atoms with Crippen molar-refractivity contribution in [1.29, 1.82) is 5.26 Å². The Hall–Kier alpha value is -3.65. The summed E-state index contributed by atoms with van der Waals surface area (Å²) in [6, 6.07) is 19.8. The van der Waals surface area contributed by atoms with E-state index in [9.17, 15) is 20.0 Å². The van der Waals surface area contributed by atoms with Crippen LogP contribution in [0.25, 0.3) is 6.08 Å². The molecule has 0 atom stereocenters. The zero-order valence-corrected chi connectivity index (χ0v) is 25.4. The quantitative estimate of drug-likeness (QED) is 0.255. The molecule has 0 aromatic heterocycles. The first-order chi connectivity index (χ1) is 19.2. The summed E-state index contributed by atoms with van der Waals surface area (Å²) < 4.78 is 12.4. The minimum absolute atomic E-state index is 0.0574. The molecule has 0 saturated heterocycles. The number of aliphatic hydroxyl groups excluding tert-OH is 1. The second-order valence-corrected chi connectivity index (χ2v) is 11.3. The largest absolute Gasteiger partial charge is 0.506 e. The van der Waals surface area contributed by atoms with Crippen molar-refractivity contribution in [2.45, 2.75) is 20.5 Å². The minimum atomic E-state index is -0.768. The van der Waals surface area contributed by atoms with Crippen LogP contribution in [0.2, 0.25) is 0 Å². The minimum Gasteiger partial charge on any atom is -0.506 e. The smallest absolute Gasteiger partial charge is 0.344 e. The molecular formula is C30H22Br2N2O5S. The summed E-state index contributed by atoms with van der Waals surface area (Å²) in [7, 11) is 0. The van der Waals surface area contributed by atoms with Crippen LogP contribution in [0.3, 0.4) is 0 Å². The number of nitriles is 1. The average Bonchev–Trinajstić information content (AvgIpc) is 3.22. The monoisotopic (exact) mass is 680 g/mol. The van der Waals surface area contributed by atoms with Crippen LogP contribution in [0.15, 0.2) is 90.8 Å². The lowest BCUT2D eigenvalue weighted by molar-refractivity contribution is -0.138. The third-order valence-electron chi connectivity index (χ3n) is 5.70. The summed E-state index contributed by atoms with van der Waals surface area (Å²) in [4.78, 5) is 30.0. The first kappa shape index (κ1) is 29.3. The second kappa shape index (κ2) is 13.1. The predicted octanol–water partition coefficient (Wildman–Crippen LogP) is 7.67. The van der Waals surface area contributed by atoms with Crippen molar-refractivity contribution >= 4 is 66.6 Å². The van der Waals surface area contributed by atoms with E-state index >= 15 is 0 Å². The van der Waals surface area contributed by atoms with Gasteiger partial charge in [0.25, 0.3) is 5.91 Å². The van der Waals surface area contributed by atoms with Gasteiger partial charge in [-0.05, 0) is 87.7 Å². The van der Waals surface area contributed by atoms with E-state index in [0.29, 0.717) is 36.3 Å². The topological polar surface area (TPSA) is 109 Å². The number of rotatable bonds is 7. The molecule has 0 saturated carbocycles. The maximum absolute atomic E-state index is 12.8. The normalized spacial score (nSPS) is 14.9. The Morgan fingerprint density at radius 1 is 1.10 bits per heavy atom. The van der Waals surface area contributed by atoms with Gasteiger partial charge in [0.15, 0.2) is 0 Å². The second-order valence-electron chi connectivity index (χ2n) is 8.51. The lowest BCUT2D eigenvalue weighted by Gasteiger charge is -2.12. The highest BCUT2D eigenvalue weighted by atomic mass is 79.9. The van der Waals surface area contributed by atoms with E-state index in [1.54, 1.807) is 61.5 Å². The maximum Gasteiger partial charge on any atom is 0.344 e. The molecule has 0 fully saturated rings. The van der Waals surface area contributed by atoms with Crippen LogP contribution in [0.5, 0.6) is 5.75 Å². The van der Waals surface area contributed by atoms with E-state index in [0.717, 1.165) is 22.9 Å². The summed E-state index contributed by atoms with van der Waals surface area (Å²) in [5.41, 5.74) is 3.16. The fourth-order valence-electron chi connectivity index (χ4n) is 3.70. The van der Waals surface area contributed by atoms with Crippen LogP contribution >= 0.6 is 43.6 Å². The fraction of sp³-hybridized carbons (Fsp3) is 0.133. The molecule has 0 unspecified atom stereocenters. The van der Waals surface area contributed by atoms with Crippen molar-refractivity contribution in [3.8, 4) is 11.8 Å². The van der Waals surface area contributed by atoms with Gasteiger partial charge in [0.1, 0.15) is 28.7 Å². The van der Waals surface area contributed by atoms with Gasteiger partial charge in [-0.1, -0.05) is 47.7 Å². The highest BCUT2D eigenvalue weighted by Gasteiger charge is 2.34. The number of aliphatic hydroxyl groups is 1. The average molecular weight is 682 g/mol. The van der Waals surface area contributed by atoms with E-state index in [-0.39, 0.29) is 29.6 Å². The number of hydrogen-bond donors (Lipinski definition) is 1. The number of halogens is 2. The Morgan fingerprint density at radius 2 is 1.77 bits per heavy atom. The maximum atomic E-state index is 12.8. The fourth-order valence-corrected chi connectivity index (χ4v) is 6.17. The van der Waals surface area contributed by atoms with Gasteiger partial charge in [0.2, 0.25) is 0 Å². The van der Waals surface area contributed by atoms with Crippen LogP contribution in [0.1, 0.15) is 39.5 Å². The number of esters is 1. The van der Waals surface area contributed by atoms with E-state index in [1.165, 1.54) is 0 Å². The molecule has 3 aromatic rings. The Kier molecular flexibility index (Phi) is 9.63. The van der Waals surface area contributed by atoms with Gasteiger partial charge in [-0.2, -0.15) is 5.26 Å². The summed E-state index contributed by atoms with van der Waals surface area (Å²) in [5.74, 6) is -1.09. The molecule has 202 valence electrons. The number of nitrogens with zero attached hydrogens (tertiary/aromatic N) is 2. The number of aryl methyl sites for hydroxylation is 1. The van der Waals surface area contributed by atoms with E-state index < -0.39 is 11.9 Å². The molecule has 4 rings (SSSR count). The van der Waals surface area contributed by atoms with Gasteiger partial charge in [-0.15, -0.1) is 0 Å². The molecule has 0 bridgehead atoms. The molecule has 1 amide bonds. The molecule has 0 aliphatic carbocycles. The summed E-state index contributed by atoms with van der Waals surface area (Å²) in [6.07, 6.45) is 1.67. The molecule has 1 aliphatic rings. The molecule has 0 spiro atoms. The number of ether oxygens (including phenoxy) is 2. The molecule has 1 N–H and O–H groups in total. The van der Waals surface area contributed by atoms with Crippen molar-refractivity contribution in [3.63, 3.8) is 0 Å². The zero-order valence-electron chi connectivity index (χ0n) is 21.4. The van der Waals surface area contributed by atoms with Crippen molar-refractivity contribution in [2.75, 3.05) is 6.61 Å². The predicted molar refractivity (Wildman–Crippen MR) is 162 cm³/mol. The number of carbonyl (C=O) groups excluding carboxylic acids is 2. The number of amides is 1. The van der Waals surface area contributed by atoms with Crippen LogP contribution in [0.4, 0.5) is 0 Å². The van der Waals surface area contributed by atoms with Crippen molar-refractivity contribution in [1.82, 2.24) is 0 Å². The molecule has 40 heavy (non-hydrogen) atoms. The van der Waals surface area contributed by atoms with Gasteiger partial charge < -0.3 is 14.6 Å². The van der Waals surface area contributed by atoms with Crippen molar-refractivity contribution in [2.24, 2.45) is 4.99 Å². The summed E-state index contributed by atoms with van der Waals surface area (Å²) >= 11 is 8.06. The van der Waals surface area contributed by atoms with Crippen molar-refractivity contribution < 1.29 is 24.2 Å². The Labute approximate surface area is 252 Å². The Morgan fingerprint density at radius 3 is 2.42 bits per heavy atom. The number of benzene rings is 3. The zero-order chi connectivity index (χ0) is 28.8. The van der Waals surface area contributed by atoms with Crippen LogP contribution < -0.4 is 4.74 Å². The third kappa shape index (κ3) is 6.73.